The van der Waals surface area contributed by atoms with Crippen LogP contribution in [0, 0.1) is 0 Å². The first-order valence-electron chi connectivity index (χ1n) is 7.99. The van der Waals surface area contributed by atoms with Gasteiger partial charge in [-0.1, -0.05) is 0 Å². The Kier molecular flexibility index (Phi) is 3.67. The predicted octanol–water partition coefficient (Wildman–Crippen LogP) is 0.790. The summed E-state index contributed by atoms with van der Waals surface area (Å²) in [6.07, 6.45) is 6.49. The van der Waals surface area contributed by atoms with Crippen LogP contribution < -0.4 is 0 Å². The summed E-state index contributed by atoms with van der Waals surface area (Å²) in [5.41, 5.74) is 0. The first-order chi connectivity index (χ1) is 10.8. The van der Waals surface area contributed by atoms with Gasteiger partial charge < -0.3 is 9.30 Å². The number of aromatic nitrogens is 5. The fraction of sp³-hybridized carbons (Fsp3) is 0.667. The fourth-order valence-electron chi connectivity index (χ4n) is 3.06. The molecule has 7 nitrogen and oxygen atoms in total. The smallest absolute Gasteiger partial charge is 0.146 e. The van der Waals surface area contributed by atoms with Crippen LogP contribution in [-0.2, 0) is 24.9 Å². The zero-order valence-electron chi connectivity index (χ0n) is 12.9. The average molecular weight is 302 g/mol. The fourth-order valence-corrected chi connectivity index (χ4v) is 3.06. The van der Waals surface area contributed by atoms with Crippen molar-refractivity contribution in [2.75, 3.05) is 19.7 Å². The van der Waals surface area contributed by atoms with Crippen molar-refractivity contribution in [1.29, 1.82) is 0 Å². The van der Waals surface area contributed by atoms with Crippen LogP contribution in [0.15, 0.2) is 18.5 Å². The predicted molar refractivity (Wildman–Crippen MR) is 80.2 cm³/mol. The van der Waals surface area contributed by atoms with Crippen LogP contribution in [0.3, 0.4) is 0 Å². The molecule has 1 saturated heterocycles. The highest BCUT2D eigenvalue weighted by atomic mass is 16.5. The number of rotatable bonds is 5. The summed E-state index contributed by atoms with van der Waals surface area (Å²) in [6.45, 7) is 4.26. The summed E-state index contributed by atoms with van der Waals surface area (Å²) < 4.78 is 9.97. The van der Waals surface area contributed by atoms with Gasteiger partial charge >= 0.3 is 0 Å². The van der Waals surface area contributed by atoms with E-state index in [0.29, 0.717) is 5.92 Å². The van der Waals surface area contributed by atoms with Gasteiger partial charge in [-0.3, -0.25) is 9.58 Å². The molecule has 2 fully saturated rings. The van der Waals surface area contributed by atoms with E-state index in [1.165, 1.54) is 12.8 Å². The van der Waals surface area contributed by atoms with Crippen LogP contribution >= 0.6 is 0 Å². The third-order valence-electron chi connectivity index (χ3n) is 4.48. The molecule has 0 amide bonds. The van der Waals surface area contributed by atoms with Gasteiger partial charge in [-0.25, -0.2) is 0 Å². The van der Waals surface area contributed by atoms with E-state index in [1.807, 2.05) is 16.9 Å². The number of ether oxygens (including phenoxy) is 1. The van der Waals surface area contributed by atoms with Crippen molar-refractivity contribution in [3.8, 4) is 0 Å². The van der Waals surface area contributed by atoms with E-state index < -0.39 is 0 Å². The van der Waals surface area contributed by atoms with Crippen LogP contribution in [0.25, 0.3) is 0 Å². The highest BCUT2D eigenvalue weighted by Gasteiger charge is 2.30. The maximum absolute atomic E-state index is 5.86. The summed E-state index contributed by atoms with van der Waals surface area (Å²) in [6, 6.07) is 1.94. The number of morpholine rings is 1. The molecule has 0 unspecified atom stereocenters. The molecular weight excluding hydrogens is 280 g/mol. The Morgan fingerprint density at radius 3 is 3.00 bits per heavy atom. The Balaban J connectivity index is 1.38. The van der Waals surface area contributed by atoms with Gasteiger partial charge in [-0.15, -0.1) is 10.2 Å². The van der Waals surface area contributed by atoms with Crippen LogP contribution in [0.2, 0.25) is 0 Å². The average Bonchev–Trinajstić information content (AvgIpc) is 3.12. The summed E-state index contributed by atoms with van der Waals surface area (Å²) >= 11 is 0. The molecule has 0 aromatic carbocycles. The van der Waals surface area contributed by atoms with Gasteiger partial charge in [-0.2, -0.15) is 5.10 Å². The van der Waals surface area contributed by atoms with Gasteiger partial charge in [0, 0.05) is 38.4 Å². The van der Waals surface area contributed by atoms with Crippen LogP contribution in [-0.4, -0.2) is 55.2 Å². The standard InChI is InChI=1S/C15H22N6O/c1-19-14(17-18-15(19)12-3-4-12)11-20-7-8-22-13(9-20)10-21-6-2-5-16-21/h2,5-6,12-13H,3-4,7-11H2,1H3/t13-/m1/s1. The van der Waals surface area contributed by atoms with E-state index in [0.717, 1.165) is 44.4 Å². The molecule has 0 N–H and O–H groups in total. The second-order valence-corrected chi connectivity index (χ2v) is 6.26. The van der Waals surface area contributed by atoms with Gasteiger partial charge in [0.2, 0.25) is 0 Å². The minimum absolute atomic E-state index is 0.185. The quantitative estimate of drug-likeness (QED) is 0.817. The lowest BCUT2D eigenvalue weighted by Gasteiger charge is -2.32. The van der Waals surface area contributed by atoms with Crippen molar-refractivity contribution in [2.45, 2.75) is 38.0 Å². The molecule has 118 valence electrons. The lowest BCUT2D eigenvalue weighted by molar-refractivity contribution is -0.0411. The van der Waals surface area contributed by atoms with E-state index in [2.05, 4.69) is 31.8 Å². The van der Waals surface area contributed by atoms with Crippen molar-refractivity contribution in [1.82, 2.24) is 29.4 Å². The molecule has 2 aromatic heterocycles. The molecule has 1 atom stereocenters. The first kappa shape index (κ1) is 13.9. The second-order valence-electron chi connectivity index (χ2n) is 6.26. The Morgan fingerprint density at radius 1 is 1.32 bits per heavy atom. The largest absolute Gasteiger partial charge is 0.374 e. The monoisotopic (exact) mass is 302 g/mol. The molecule has 0 spiro atoms. The van der Waals surface area contributed by atoms with Crippen molar-refractivity contribution in [2.24, 2.45) is 7.05 Å². The number of hydrogen-bond acceptors (Lipinski definition) is 5. The van der Waals surface area contributed by atoms with E-state index in [4.69, 9.17) is 4.74 Å². The summed E-state index contributed by atoms with van der Waals surface area (Å²) in [4.78, 5) is 2.40. The molecule has 1 aliphatic heterocycles. The van der Waals surface area contributed by atoms with E-state index in [-0.39, 0.29) is 6.10 Å². The van der Waals surface area contributed by atoms with Crippen LogP contribution in [0.4, 0.5) is 0 Å². The maximum atomic E-state index is 5.86. The maximum Gasteiger partial charge on any atom is 0.146 e. The van der Waals surface area contributed by atoms with Crippen molar-refractivity contribution in [3.63, 3.8) is 0 Å². The minimum Gasteiger partial charge on any atom is -0.374 e. The summed E-state index contributed by atoms with van der Waals surface area (Å²) in [5.74, 6) is 2.85. The molecule has 3 heterocycles. The Morgan fingerprint density at radius 2 is 2.23 bits per heavy atom. The van der Waals surface area contributed by atoms with Crippen molar-refractivity contribution in [3.05, 3.63) is 30.1 Å². The Hall–Kier alpha value is -1.73. The van der Waals surface area contributed by atoms with E-state index in [1.54, 1.807) is 6.20 Å². The third kappa shape index (κ3) is 2.91. The molecule has 1 aliphatic carbocycles. The van der Waals surface area contributed by atoms with Gasteiger partial charge in [0.1, 0.15) is 11.6 Å². The minimum atomic E-state index is 0.185. The lowest BCUT2D eigenvalue weighted by atomic mass is 10.2. The SMILES string of the molecule is Cn1c(CN2CCO[C@@H](Cn3cccn3)C2)nnc1C1CC1. The van der Waals surface area contributed by atoms with E-state index in [9.17, 15) is 0 Å². The topological polar surface area (TPSA) is 61.0 Å². The van der Waals surface area contributed by atoms with Gasteiger partial charge in [0.25, 0.3) is 0 Å². The highest BCUT2D eigenvalue weighted by molar-refractivity contribution is 5.07. The van der Waals surface area contributed by atoms with Gasteiger partial charge in [0.15, 0.2) is 0 Å². The first-order valence-corrected chi connectivity index (χ1v) is 7.99. The van der Waals surface area contributed by atoms with Gasteiger partial charge in [0.05, 0.1) is 25.8 Å². The second kappa shape index (κ2) is 5.81. The molecule has 2 aliphatic rings. The zero-order chi connectivity index (χ0) is 14.9. The van der Waals surface area contributed by atoms with Crippen LogP contribution in [0.1, 0.15) is 30.4 Å². The molecule has 22 heavy (non-hydrogen) atoms. The van der Waals surface area contributed by atoms with Gasteiger partial charge in [-0.05, 0) is 18.9 Å². The van der Waals surface area contributed by atoms with Crippen molar-refractivity contribution < 1.29 is 4.74 Å². The molecule has 2 aromatic rings. The molecule has 0 radical (unpaired) electrons. The summed E-state index contributed by atoms with van der Waals surface area (Å²) in [7, 11) is 2.09. The zero-order valence-corrected chi connectivity index (χ0v) is 12.9. The van der Waals surface area contributed by atoms with Crippen LogP contribution in [0.5, 0.6) is 0 Å². The third-order valence-corrected chi connectivity index (χ3v) is 4.48. The van der Waals surface area contributed by atoms with E-state index >= 15 is 0 Å². The highest BCUT2D eigenvalue weighted by Crippen LogP contribution is 2.38. The number of nitrogens with zero attached hydrogens (tertiary/aromatic N) is 6. The normalized spacial score (nSPS) is 23.0. The molecule has 1 saturated carbocycles. The van der Waals surface area contributed by atoms with Crippen molar-refractivity contribution >= 4 is 0 Å². The lowest BCUT2D eigenvalue weighted by Crippen LogP contribution is -2.44. The Bertz CT molecular complexity index is 618. The number of hydrogen-bond donors (Lipinski definition) is 0. The molecular formula is C15H22N6O. The Labute approximate surface area is 129 Å². The molecule has 0 bridgehead atoms. The summed E-state index contributed by atoms with van der Waals surface area (Å²) in [5, 5.41) is 13.0. The molecule has 4 rings (SSSR count). The molecule has 7 heteroatoms.